The van der Waals surface area contributed by atoms with Crippen LogP contribution in [0.25, 0.3) is 0 Å². The molecular formula is C37H68O7. The van der Waals surface area contributed by atoms with Crippen LogP contribution in [0.3, 0.4) is 0 Å². The lowest BCUT2D eigenvalue weighted by atomic mass is 9.96. The highest BCUT2D eigenvalue weighted by Crippen LogP contribution is 2.35. The van der Waals surface area contributed by atoms with Gasteiger partial charge in [-0.15, -0.1) is 0 Å². The number of ether oxygens (including phenoxy) is 3. The van der Waals surface area contributed by atoms with Crippen molar-refractivity contribution >= 4 is 5.97 Å². The van der Waals surface area contributed by atoms with E-state index in [0.29, 0.717) is 6.42 Å². The summed E-state index contributed by atoms with van der Waals surface area (Å²) < 4.78 is 18.1. The summed E-state index contributed by atoms with van der Waals surface area (Å²) in [5.41, 5.74) is 0. The van der Waals surface area contributed by atoms with Crippen molar-refractivity contribution in [3.05, 3.63) is 0 Å². The van der Waals surface area contributed by atoms with E-state index >= 15 is 0 Å². The zero-order valence-corrected chi connectivity index (χ0v) is 28.3. The maximum atomic E-state index is 11.9. The predicted molar refractivity (Wildman–Crippen MR) is 175 cm³/mol. The molecule has 0 aromatic carbocycles. The first-order chi connectivity index (χ1) is 21.4. The first kappa shape index (κ1) is 37.7. The number of cyclic esters (lactones) is 1. The molecule has 258 valence electrons. The van der Waals surface area contributed by atoms with E-state index in [0.717, 1.165) is 77.0 Å². The Kier molecular flexibility index (Phi) is 18.8. The lowest BCUT2D eigenvalue weighted by Crippen LogP contribution is -2.33. The molecule has 2 unspecified atom stereocenters. The Morgan fingerprint density at radius 2 is 1.11 bits per heavy atom. The lowest BCUT2D eigenvalue weighted by Gasteiger charge is -2.24. The molecule has 0 saturated carbocycles. The van der Waals surface area contributed by atoms with Gasteiger partial charge in [-0.1, -0.05) is 103 Å². The van der Waals surface area contributed by atoms with Crippen molar-refractivity contribution in [2.24, 2.45) is 5.92 Å². The summed E-state index contributed by atoms with van der Waals surface area (Å²) in [6.45, 7) is 3.99. The highest BCUT2D eigenvalue weighted by molar-refractivity contribution is 5.74. The SMILES string of the molecule is CCCCCCCCCC[C@H](O)[C@H]1CC[C@@H]([C@@H]2CC[C@H]([C@H](O)CCCCCCCCCC[C@H]3CC(CC(C)O)C(=O)O3)O2)O1. The standard InChI is InChI=1S/C37H68O7/c1-3-4-5-6-7-11-14-17-20-31(39)33-22-24-35(43-33)36-25-23-34(44-36)32(40)21-18-15-12-9-8-10-13-16-19-30-27-29(26-28(2)38)37(41)42-30/h28-36,38-40H,3-27H2,1-2H3/t28?,29?,30-,31-,32+,33+,34+,35-,36-/m0/s1. The molecular weight excluding hydrogens is 556 g/mol. The molecule has 0 aliphatic carbocycles. The number of hydrogen-bond donors (Lipinski definition) is 3. The van der Waals surface area contributed by atoms with E-state index in [9.17, 15) is 20.1 Å². The van der Waals surface area contributed by atoms with Crippen molar-refractivity contribution in [3.8, 4) is 0 Å². The molecule has 9 atom stereocenters. The van der Waals surface area contributed by atoms with Gasteiger partial charge in [0.25, 0.3) is 0 Å². The van der Waals surface area contributed by atoms with Crippen molar-refractivity contribution in [2.45, 2.75) is 223 Å². The van der Waals surface area contributed by atoms with Gasteiger partial charge in [0, 0.05) is 0 Å². The van der Waals surface area contributed by atoms with Gasteiger partial charge < -0.3 is 29.5 Å². The Morgan fingerprint density at radius 1 is 0.659 bits per heavy atom. The number of esters is 1. The lowest BCUT2D eigenvalue weighted by molar-refractivity contribution is -0.145. The Labute approximate surface area is 269 Å². The highest BCUT2D eigenvalue weighted by Gasteiger charge is 2.40. The third-order valence-corrected chi connectivity index (χ3v) is 10.4. The molecule has 3 aliphatic heterocycles. The number of hydrogen-bond acceptors (Lipinski definition) is 7. The average molecular weight is 625 g/mol. The Bertz CT molecular complexity index is 745. The van der Waals surface area contributed by atoms with Crippen LogP contribution in [0.1, 0.15) is 174 Å². The van der Waals surface area contributed by atoms with E-state index in [-0.39, 0.29) is 48.5 Å². The normalized spacial score (nSPS) is 29.2. The second kappa shape index (κ2) is 22.0. The maximum Gasteiger partial charge on any atom is 0.309 e. The molecule has 44 heavy (non-hydrogen) atoms. The first-order valence-corrected chi connectivity index (χ1v) is 18.9. The molecule has 0 radical (unpaired) electrons. The van der Waals surface area contributed by atoms with Crippen molar-refractivity contribution < 1.29 is 34.3 Å². The Hall–Kier alpha value is -0.730. The third kappa shape index (κ3) is 14.4. The molecule has 3 N–H and O–H groups in total. The van der Waals surface area contributed by atoms with E-state index in [1.165, 1.54) is 77.0 Å². The molecule has 0 spiro atoms. The number of carbonyl (C=O) groups excluding carboxylic acids is 1. The zero-order valence-electron chi connectivity index (χ0n) is 28.3. The number of aliphatic hydroxyl groups is 3. The number of rotatable bonds is 25. The summed E-state index contributed by atoms with van der Waals surface area (Å²) >= 11 is 0. The van der Waals surface area contributed by atoms with Gasteiger partial charge in [0.15, 0.2) is 0 Å². The molecule has 0 aromatic heterocycles. The van der Waals surface area contributed by atoms with Crippen molar-refractivity contribution in [1.29, 1.82) is 0 Å². The van der Waals surface area contributed by atoms with Crippen LogP contribution in [0.2, 0.25) is 0 Å². The van der Waals surface area contributed by atoms with Crippen molar-refractivity contribution in [1.82, 2.24) is 0 Å². The number of aliphatic hydroxyl groups excluding tert-OH is 3. The van der Waals surface area contributed by atoms with Crippen LogP contribution >= 0.6 is 0 Å². The molecule has 3 heterocycles. The Balaban J connectivity index is 1.13. The smallest absolute Gasteiger partial charge is 0.309 e. The molecule has 3 saturated heterocycles. The fourth-order valence-electron chi connectivity index (χ4n) is 7.64. The summed E-state index contributed by atoms with van der Waals surface area (Å²) in [4.78, 5) is 11.9. The van der Waals surface area contributed by atoms with Gasteiger partial charge in [0.05, 0.1) is 48.6 Å². The predicted octanol–water partition coefficient (Wildman–Crippen LogP) is 7.94. The molecule has 7 nitrogen and oxygen atoms in total. The summed E-state index contributed by atoms with van der Waals surface area (Å²) in [6.07, 6.45) is 26.0. The monoisotopic (exact) mass is 624 g/mol. The van der Waals surface area contributed by atoms with Gasteiger partial charge >= 0.3 is 5.97 Å². The van der Waals surface area contributed by atoms with Crippen LogP contribution in [0, 0.1) is 5.92 Å². The van der Waals surface area contributed by atoms with Crippen LogP contribution in [0.5, 0.6) is 0 Å². The second-order valence-corrected chi connectivity index (χ2v) is 14.5. The quantitative estimate of drug-likeness (QED) is 0.0699. The molecule has 0 aromatic rings. The van der Waals surface area contributed by atoms with Crippen LogP contribution < -0.4 is 0 Å². The van der Waals surface area contributed by atoms with Crippen molar-refractivity contribution in [3.63, 3.8) is 0 Å². The minimum Gasteiger partial charge on any atom is -0.462 e. The van der Waals surface area contributed by atoms with Gasteiger partial charge in [-0.25, -0.2) is 0 Å². The van der Waals surface area contributed by atoms with Crippen LogP contribution in [-0.2, 0) is 19.0 Å². The van der Waals surface area contributed by atoms with Gasteiger partial charge in [0.1, 0.15) is 6.10 Å². The molecule has 7 heteroatoms. The number of carbonyl (C=O) groups is 1. The highest BCUT2D eigenvalue weighted by atomic mass is 16.6. The summed E-state index contributed by atoms with van der Waals surface area (Å²) in [6, 6.07) is 0. The van der Waals surface area contributed by atoms with Crippen LogP contribution in [-0.4, -0.2) is 70.1 Å². The molecule has 3 fully saturated rings. The minimum absolute atomic E-state index is 0.0432. The van der Waals surface area contributed by atoms with E-state index in [1.807, 2.05) is 0 Å². The van der Waals surface area contributed by atoms with E-state index in [2.05, 4.69) is 6.92 Å². The summed E-state index contributed by atoms with van der Waals surface area (Å²) in [5, 5.41) is 31.0. The van der Waals surface area contributed by atoms with Gasteiger partial charge in [-0.3, -0.25) is 4.79 Å². The van der Waals surface area contributed by atoms with E-state index in [4.69, 9.17) is 14.2 Å². The summed E-state index contributed by atoms with van der Waals surface area (Å²) in [5.74, 6) is -0.250. The van der Waals surface area contributed by atoms with Crippen molar-refractivity contribution in [2.75, 3.05) is 0 Å². The topological polar surface area (TPSA) is 105 Å². The molecule has 0 bridgehead atoms. The van der Waals surface area contributed by atoms with Gasteiger partial charge in [-0.05, 0) is 71.1 Å². The van der Waals surface area contributed by atoms with Crippen LogP contribution in [0.15, 0.2) is 0 Å². The third-order valence-electron chi connectivity index (χ3n) is 10.4. The first-order valence-electron chi connectivity index (χ1n) is 18.9. The fourth-order valence-corrected chi connectivity index (χ4v) is 7.64. The Morgan fingerprint density at radius 3 is 1.59 bits per heavy atom. The largest absolute Gasteiger partial charge is 0.462 e. The zero-order chi connectivity index (χ0) is 31.6. The summed E-state index contributed by atoms with van der Waals surface area (Å²) in [7, 11) is 0. The molecule has 3 rings (SSSR count). The average Bonchev–Trinajstić information content (AvgIpc) is 3.75. The maximum absolute atomic E-state index is 11.9. The molecule has 3 aliphatic rings. The van der Waals surface area contributed by atoms with E-state index in [1.54, 1.807) is 6.92 Å². The second-order valence-electron chi connectivity index (χ2n) is 14.5. The van der Waals surface area contributed by atoms with E-state index < -0.39 is 12.2 Å². The minimum atomic E-state index is -0.446. The molecule has 0 amide bonds. The number of unbranched alkanes of at least 4 members (excludes halogenated alkanes) is 14. The van der Waals surface area contributed by atoms with Gasteiger partial charge in [-0.2, -0.15) is 0 Å². The van der Waals surface area contributed by atoms with Gasteiger partial charge in [0.2, 0.25) is 0 Å². The fraction of sp³-hybridized carbons (Fsp3) is 0.973. The van der Waals surface area contributed by atoms with Crippen LogP contribution in [0.4, 0.5) is 0 Å².